The second-order valence-corrected chi connectivity index (χ2v) is 8.76. The van der Waals surface area contributed by atoms with Crippen LogP contribution in [0.25, 0.3) is 6.08 Å². The average molecular weight is 481 g/mol. The van der Waals surface area contributed by atoms with Crippen molar-refractivity contribution in [1.82, 2.24) is 0 Å². The van der Waals surface area contributed by atoms with Gasteiger partial charge in [-0.3, -0.25) is 9.59 Å². The Morgan fingerprint density at radius 1 is 0.933 bits per heavy atom. The minimum Gasteiger partial charge on any atom is -0.324 e. The van der Waals surface area contributed by atoms with E-state index >= 15 is 0 Å². The average Bonchev–Trinajstić information content (AvgIpc) is 2.75. The zero-order chi connectivity index (χ0) is 21.3. The fourth-order valence-corrected chi connectivity index (χ4v) is 3.93. The van der Waals surface area contributed by atoms with Crippen molar-refractivity contribution < 1.29 is 9.59 Å². The SMILES string of the molecule is CC(Sc1cccc(NC(=O)/C=C/c2ccccc2)c1)C(=O)Nc1ccccc1Br. The molecule has 1 unspecified atom stereocenters. The molecule has 3 aromatic rings. The molecule has 0 aliphatic carbocycles. The van der Waals surface area contributed by atoms with Crippen LogP contribution in [0.15, 0.2) is 94.3 Å². The van der Waals surface area contributed by atoms with Crippen molar-refractivity contribution in [1.29, 1.82) is 0 Å². The van der Waals surface area contributed by atoms with Crippen molar-refractivity contribution in [3.63, 3.8) is 0 Å². The first-order valence-electron chi connectivity index (χ1n) is 9.37. The van der Waals surface area contributed by atoms with Gasteiger partial charge in [0.2, 0.25) is 11.8 Å². The van der Waals surface area contributed by atoms with Gasteiger partial charge in [0.05, 0.1) is 10.9 Å². The van der Waals surface area contributed by atoms with Crippen LogP contribution in [0, 0.1) is 0 Å². The smallest absolute Gasteiger partial charge is 0.248 e. The van der Waals surface area contributed by atoms with Gasteiger partial charge < -0.3 is 10.6 Å². The predicted molar refractivity (Wildman–Crippen MR) is 129 cm³/mol. The summed E-state index contributed by atoms with van der Waals surface area (Å²) < 4.78 is 0.837. The van der Waals surface area contributed by atoms with E-state index in [9.17, 15) is 9.59 Å². The number of nitrogens with one attached hydrogen (secondary N) is 2. The summed E-state index contributed by atoms with van der Waals surface area (Å²) >= 11 is 4.87. The molecule has 0 aliphatic rings. The lowest BCUT2D eigenvalue weighted by molar-refractivity contribution is -0.115. The van der Waals surface area contributed by atoms with E-state index in [1.165, 1.54) is 17.8 Å². The van der Waals surface area contributed by atoms with Gasteiger partial charge in [0, 0.05) is 21.1 Å². The third-order valence-electron chi connectivity index (χ3n) is 4.14. The van der Waals surface area contributed by atoms with Crippen LogP contribution in [0.1, 0.15) is 12.5 Å². The lowest BCUT2D eigenvalue weighted by Gasteiger charge is -2.13. The van der Waals surface area contributed by atoms with E-state index in [4.69, 9.17) is 0 Å². The number of para-hydroxylation sites is 1. The molecule has 0 fully saturated rings. The van der Waals surface area contributed by atoms with Crippen molar-refractivity contribution in [3.8, 4) is 0 Å². The summed E-state index contributed by atoms with van der Waals surface area (Å²) in [4.78, 5) is 25.6. The van der Waals surface area contributed by atoms with Gasteiger partial charge in [-0.1, -0.05) is 48.5 Å². The van der Waals surface area contributed by atoms with E-state index in [1.807, 2.05) is 85.8 Å². The van der Waals surface area contributed by atoms with Gasteiger partial charge in [-0.15, -0.1) is 11.8 Å². The molecule has 152 valence electrons. The third-order valence-corrected chi connectivity index (χ3v) is 5.93. The Morgan fingerprint density at radius 3 is 2.43 bits per heavy atom. The second kappa shape index (κ2) is 10.8. The number of amides is 2. The molecule has 0 bridgehead atoms. The number of rotatable bonds is 7. The van der Waals surface area contributed by atoms with Crippen LogP contribution in [-0.2, 0) is 9.59 Å². The maximum Gasteiger partial charge on any atom is 0.248 e. The standard InChI is InChI=1S/C24H21BrN2O2S/c1-17(24(29)27-22-13-6-5-12-21(22)25)30-20-11-7-10-19(16-20)26-23(28)15-14-18-8-3-2-4-9-18/h2-17H,1H3,(H,26,28)(H,27,29)/b15-14+. The molecule has 0 saturated heterocycles. The van der Waals surface area contributed by atoms with E-state index in [2.05, 4.69) is 26.6 Å². The molecule has 1 atom stereocenters. The van der Waals surface area contributed by atoms with E-state index in [-0.39, 0.29) is 17.1 Å². The highest BCUT2D eigenvalue weighted by Gasteiger charge is 2.16. The largest absolute Gasteiger partial charge is 0.324 e. The highest BCUT2D eigenvalue weighted by Crippen LogP contribution is 2.28. The molecule has 6 heteroatoms. The maximum atomic E-state index is 12.5. The molecule has 0 aliphatic heterocycles. The van der Waals surface area contributed by atoms with Gasteiger partial charge in [-0.25, -0.2) is 0 Å². The number of halogens is 1. The molecule has 0 heterocycles. The normalized spacial score (nSPS) is 11.8. The van der Waals surface area contributed by atoms with Gasteiger partial charge in [0.15, 0.2) is 0 Å². The van der Waals surface area contributed by atoms with Crippen LogP contribution in [0.3, 0.4) is 0 Å². The number of thioether (sulfide) groups is 1. The van der Waals surface area contributed by atoms with Crippen LogP contribution in [0.2, 0.25) is 0 Å². The first kappa shape index (κ1) is 21.9. The number of anilines is 2. The van der Waals surface area contributed by atoms with Crippen LogP contribution in [-0.4, -0.2) is 17.1 Å². The zero-order valence-corrected chi connectivity index (χ0v) is 18.7. The molecular weight excluding hydrogens is 460 g/mol. The molecule has 3 rings (SSSR count). The molecule has 0 saturated carbocycles. The molecule has 3 aromatic carbocycles. The van der Waals surface area contributed by atoms with Crippen molar-refractivity contribution in [2.45, 2.75) is 17.1 Å². The lowest BCUT2D eigenvalue weighted by Crippen LogP contribution is -2.22. The Morgan fingerprint density at radius 2 is 1.67 bits per heavy atom. The molecule has 0 spiro atoms. The highest BCUT2D eigenvalue weighted by atomic mass is 79.9. The summed E-state index contributed by atoms with van der Waals surface area (Å²) in [6, 6.07) is 24.6. The number of benzene rings is 3. The Labute approximate surface area is 188 Å². The zero-order valence-electron chi connectivity index (χ0n) is 16.3. The minimum atomic E-state index is -0.305. The first-order valence-corrected chi connectivity index (χ1v) is 11.0. The van der Waals surface area contributed by atoms with Gasteiger partial charge in [0.25, 0.3) is 0 Å². The first-order chi connectivity index (χ1) is 14.5. The van der Waals surface area contributed by atoms with E-state index < -0.39 is 0 Å². The Bertz CT molecular complexity index is 1050. The Kier molecular flexibility index (Phi) is 7.88. The fourth-order valence-electron chi connectivity index (χ4n) is 2.62. The van der Waals surface area contributed by atoms with Gasteiger partial charge in [-0.05, 0) is 64.8 Å². The Hall–Kier alpha value is -2.83. The van der Waals surface area contributed by atoms with Crippen molar-refractivity contribution in [3.05, 3.63) is 95.0 Å². The topological polar surface area (TPSA) is 58.2 Å². The van der Waals surface area contributed by atoms with E-state index in [1.54, 1.807) is 6.08 Å². The van der Waals surface area contributed by atoms with Crippen molar-refractivity contribution >= 4 is 57.0 Å². The van der Waals surface area contributed by atoms with Gasteiger partial charge >= 0.3 is 0 Å². The monoisotopic (exact) mass is 480 g/mol. The van der Waals surface area contributed by atoms with Crippen LogP contribution < -0.4 is 10.6 Å². The number of hydrogen-bond acceptors (Lipinski definition) is 3. The molecule has 2 N–H and O–H groups in total. The lowest BCUT2D eigenvalue weighted by atomic mass is 10.2. The number of hydrogen-bond donors (Lipinski definition) is 2. The summed E-state index contributed by atoms with van der Waals surface area (Å²) in [6.07, 6.45) is 3.27. The third kappa shape index (κ3) is 6.61. The van der Waals surface area contributed by atoms with Crippen LogP contribution in [0.4, 0.5) is 11.4 Å². The quantitative estimate of drug-likeness (QED) is 0.311. The second-order valence-electron chi connectivity index (χ2n) is 6.49. The predicted octanol–water partition coefficient (Wildman–Crippen LogP) is 6.22. The molecule has 2 amide bonds. The maximum absolute atomic E-state index is 12.5. The summed E-state index contributed by atoms with van der Waals surface area (Å²) in [5.41, 5.74) is 2.38. The molecular formula is C24H21BrN2O2S. The van der Waals surface area contributed by atoms with Gasteiger partial charge in [0.1, 0.15) is 0 Å². The summed E-state index contributed by atoms with van der Waals surface area (Å²) in [7, 11) is 0. The van der Waals surface area contributed by atoms with E-state index in [0.29, 0.717) is 5.69 Å². The van der Waals surface area contributed by atoms with Crippen molar-refractivity contribution in [2.75, 3.05) is 10.6 Å². The molecule has 0 aromatic heterocycles. The highest BCUT2D eigenvalue weighted by molar-refractivity contribution is 9.10. The fraction of sp³-hybridized carbons (Fsp3) is 0.0833. The summed E-state index contributed by atoms with van der Waals surface area (Å²) in [5.74, 6) is -0.298. The summed E-state index contributed by atoms with van der Waals surface area (Å²) in [5, 5.41) is 5.48. The van der Waals surface area contributed by atoms with Crippen LogP contribution >= 0.6 is 27.7 Å². The van der Waals surface area contributed by atoms with Crippen LogP contribution in [0.5, 0.6) is 0 Å². The number of carbonyl (C=O) groups is 2. The number of carbonyl (C=O) groups excluding carboxylic acids is 2. The van der Waals surface area contributed by atoms with Crippen molar-refractivity contribution in [2.24, 2.45) is 0 Å². The minimum absolute atomic E-state index is 0.0906. The molecule has 30 heavy (non-hydrogen) atoms. The van der Waals surface area contributed by atoms with Gasteiger partial charge in [-0.2, -0.15) is 0 Å². The molecule has 4 nitrogen and oxygen atoms in total. The molecule has 0 radical (unpaired) electrons. The summed E-state index contributed by atoms with van der Waals surface area (Å²) in [6.45, 7) is 1.85. The Balaban J connectivity index is 1.58. The van der Waals surface area contributed by atoms with E-state index in [0.717, 1.165) is 20.6 Å².